The maximum atomic E-state index is 9.48. The van der Waals surface area contributed by atoms with Gasteiger partial charge in [-0.25, -0.2) is 0 Å². The van der Waals surface area contributed by atoms with Gasteiger partial charge in [-0.15, -0.1) is 0 Å². The highest BCUT2D eigenvalue weighted by molar-refractivity contribution is 7.07. The fourth-order valence-corrected chi connectivity index (χ4v) is 1.95. The zero-order valence-corrected chi connectivity index (χ0v) is 9.25. The van der Waals surface area contributed by atoms with E-state index in [1.807, 2.05) is 24.4 Å². The molecular formula is C12H12O2S. The van der Waals surface area contributed by atoms with Crippen LogP contribution in [0, 0.1) is 6.92 Å². The predicted molar refractivity (Wildman–Crippen MR) is 61.5 cm³/mol. The van der Waals surface area contributed by atoms with Crippen LogP contribution < -0.4 is 4.74 Å². The molecular weight excluding hydrogens is 208 g/mol. The van der Waals surface area contributed by atoms with Crippen LogP contribution in [-0.2, 0) is 6.61 Å². The van der Waals surface area contributed by atoms with Gasteiger partial charge in [0.15, 0.2) is 0 Å². The summed E-state index contributed by atoms with van der Waals surface area (Å²) in [6.45, 7) is 2.39. The number of ether oxygens (including phenoxy) is 1. The van der Waals surface area contributed by atoms with Crippen molar-refractivity contribution in [3.05, 3.63) is 46.2 Å². The second-order valence-electron chi connectivity index (χ2n) is 3.32. The summed E-state index contributed by atoms with van der Waals surface area (Å²) in [4.78, 5) is 0. The van der Waals surface area contributed by atoms with Crippen LogP contribution in [-0.4, -0.2) is 5.11 Å². The molecule has 0 amide bonds. The molecule has 0 saturated carbocycles. The zero-order valence-electron chi connectivity index (χ0n) is 8.43. The van der Waals surface area contributed by atoms with E-state index in [9.17, 15) is 5.11 Å². The SMILES string of the molecule is Cc1c(O)cccc1OCc1ccsc1. The number of rotatable bonds is 3. The summed E-state index contributed by atoms with van der Waals surface area (Å²) in [7, 11) is 0. The Hall–Kier alpha value is -1.48. The van der Waals surface area contributed by atoms with Crippen molar-refractivity contribution in [2.45, 2.75) is 13.5 Å². The monoisotopic (exact) mass is 220 g/mol. The fourth-order valence-electron chi connectivity index (χ4n) is 1.30. The smallest absolute Gasteiger partial charge is 0.126 e. The number of phenolic OH excluding ortho intramolecular Hbond substituents is 1. The molecule has 1 aromatic carbocycles. The maximum Gasteiger partial charge on any atom is 0.126 e. The normalized spacial score (nSPS) is 10.2. The highest BCUT2D eigenvalue weighted by atomic mass is 32.1. The quantitative estimate of drug-likeness (QED) is 0.859. The third-order valence-electron chi connectivity index (χ3n) is 2.23. The molecule has 15 heavy (non-hydrogen) atoms. The summed E-state index contributed by atoms with van der Waals surface area (Å²) in [6, 6.07) is 7.34. The lowest BCUT2D eigenvalue weighted by Gasteiger charge is -2.08. The number of phenols is 1. The Morgan fingerprint density at radius 2 is 2.20 bits per heavy atom. The van der Waals surface area contributed by atoms with Crippen molar-refractivity contribution in [2.24, 2.45) is 0 Å². The van der Waals surface area contributed by atoms with Gasteiger partial charge in [-0.1, -0.05) is 6.07 Å². The van der Waals surface area contributed by atoms with Gasteiger partial charge in [-0.2, -0.15) is 11.3 Å². The minimum atomic E-state index is 0.276. The van der Waals surface area contributed by atoms with Crippen molar-refractivity contribution in [3.63, 3.8) is 0 Å². The highest BCUT2D eigenvalue weighted by Gasteiger charge is 2.03. The van der Waals surface area contributed by atoms with Crippen LogP contribution in [0.15, 0.2) is 35.0 Å². The first-order chi connectivity index (χ1) is 7.27. The molecule has 0 aliphatic rings. The molecule has 0 saturated heterocycles. The molecule has 78 valence electrons. The van der Waals surface area contributed by atoms with E-state index in [0.717, 1.165) is 16.9 Å². The lowest BCUT2D eigenvalue weighted by molar-refractivity contribution is 0.302. The van der Waals surface area contributed by atoms with Gasteiger partial charge < -0.3 is 9.84 Å². The second-order valence-corrected chi connectivity index (χ2v) is 4.10. The van der Waals surface area contributed by atoms with E-state index >= 15 is 0 Å². The van der Waals surface area contributed by atoms with Crippen molar-refractivity contribution >= 4 is 11.3 Å². The van der Waals surface area contributed by atoms with Crippen LogP contribution in [0.2, 0.25) is 0 Å². The van der Waals surface area contributed by atoms with Gasteiger partial charge in [0, 0.05) is 5.56 Å². The first kappa shape index (κ1) is 10.1. The van der Waals surface area contributed by atoms with Gasteiger partial charge >= 0.3 is 0 Å². The van der Waals surface area contributed by atoms with Crippen LogP contribution >= 0.6 is 11.3 Å². The van der Waals surface area contributed by atoms with Crippen LogP contribution in [0.1, 0.15) is 11.1 Å². The van der Waals surface area contributed by atoms with Crippen LogP contribution in [0.25, 0.3) is 0 Å². The minimum absolute atomic E-state index is 0.276. The van der Waals surface area contributed by atoms with E-state index < -0.39 is 0 Å². The molecule has 2 nitrogen and oxygen atoms in total. The molecule has 0 unspecified atom stereocenters. The molecule has 2 aromatic rings. The molecule has 2 rings (SSSR count). The number of hydrogen-bond acceptors (Lipinski definition) is 3. The van der Waals surface area contributed by atoms with E-state index in [4.69, 9.17) is 4.74 Å². The Kier molecular flexibility index (Phi) is 2.92. The third-order valence-corrected chi connectivity index (χ3v) is 2.96. The molecule has 0 bridgehead atoms. The predicted octanol–water partition coefficient (Wildman–Crippen LogP) is 3.34. The summed E-state index contributed by atoms with van der Waals surface area (Å²) in [5.41, 5.74) is 1.94. The summed E-state index contributed by atoms with van der Waals surface area (Å²) in [6.07, 6.45) is 0. The van der Waals surface area contributed by atoms with E-state index in [1.54, 1.807) is 23.5 Å². The van der Waals surface area contributed by atoms with Gasteiger partial charge in [0.05, 0.1) is 0 Å². The third kappa shape index (κ3) is 2.30. The molecule has 1 aromatic heterocycles. The van der Waals surface area contributed by atoms with Crippen molar-refractivity contribution in [1.82, 2.24) is 0 Å². The van der Waals surface area contributed by atoms with Crippen molar-refractivity contribution in [2.75, 3.05) is 0 Å². The van der Waals surface area contributed by atoms with E-state index in [0.29, 0.717) is 6.61 Å². The first-order valence-corrected chi connectivity index (χ1v) is 5.64. The molecule has 0 spiro atoms. The molecule has 3 heteroatoms. The summed E-state index contributed by atoms with van der Waals surface area (Å²) >= 11 is 1.65. The molecule has 1 heterocycles. The average Bonchev–Trinajstić information content (AvgIpc) is 2.73. The van der Waals surface area contributed by atoms with E-state index in [-0.39, 0.29) is 5.75 Å². The van der Waals surface area contributed by atoms with Crippen molar-refractivity contribution in [3.8, 4) is 11.5 Å². The Morgan fingerprint density at radius 3 is 2.93 bits per heavy atom. The van der Waals surface area contributed by atoms with Gasteiger partial charge in [0.2, 0.25) is 0 Å². The zero-order chi connectivity index (χ0) is 10.7. The number of hydrogen-bond donors (Lipinski definition) is 1. The number of aromatic hydroxyl groups is 1. The topological polar surface area (TPSA) is 29.5 Å². The lowest BCUT2D eigenvalue weighted by Crippen LogP contribution is -1.95. The van der Waals surface area contributed by atoms with Gasteiger partial charge in [-0.3, -0.25) is 0 Å². The number of thiophene rings is 1. The lowest BCUT2D eigenvalue weighted by atomic mass is 10.2. The second kappa shape index (κ2) is 4.36. The molecule has 0 aliphatic carbocycles. The van der Waals surface area contributed by atoms with Crippen LogP contribution in [0.4, 0.5) is 0 Å². The summed E-state index contributed by atoms with van der Waals surface area (Å²) in [5.74, 6) is 1.01. The van der Waals surface area contributed by atoms with E-state index in [2.05, 4.69) is 5.38 Å². The summed E-state index contributed by atoms with van der Waals surface area (Å²) < 4.78 is 5.61. The maximum absolute atomic E-state index is 9.48. The average molecular weight is 220 g/mol. The van der Waals surface area contributed by atoms with Gasteiger partial charge in [-0.05, 0) is 41.4 Å². The minimum Gasteiger partial charge on any atom is -0.508 e. The number of benzene rings is 1. The largest absolute Gasteiger partial charge is 0.508 e. The fraction of sp³-hybridized carbons (Fsp3) is 0.167. The molecule has 1 N–H and O–H groups in total. The molecule has 0 fully saturated rings. The van der Waals surface area contributed by atoms with Crippen molar-refractivity contribution in [1.29, 1.82) is 0 Å². The highest BCUT2D eigenvalue weighted by Crippen LogP contribution is 2.26. The Morgan fingerprint density at radius 1 is 1.33 bits per heavy atom. The molecule has 0 radical (unpaired) electrons. The Labute approximate surface area is 92.8 Å². The van der Waals surface area contributed by atoms with Crippen molar-refractivity contribution < 1.29 is 9.84 Å². The van der Waals surface area contributed by atoms with E-state index in [1.165, 1.54) is 0 Å². The first-order valence-electron chi connectivity index (χ1n) is 4.70. The van der Waals surface area contributed by atoms with Gasteiger partial charge in [0.1, 0.15) is 18.1 Å². The standard InChI is InChI=1S/C12H12O2S/c1-9-11(13)3-2-4-12(9)14-7-10-5-6-15-8-10/h2-6,8,13H,7H2,1H3. The molecule has 0 atom stereocenters. The summed E-state index contributed by atoms with van der Waals surface area (Å²) in [5, 5.41) is 13.6. The van der Waals surface area contributed by atoms with Crippen LogP contribution in [0.3, 0.4) is 0 Å². The Bertz CT molecular complexity index is 435. The van der Waals surface area contributed by atoms with Gasteiger partial charge in [0.25, 0.3) is 0 Å². The van der Waals surface area contributed by atoms with Crippen LogP contribution in [0.5, 0.6) is 11.5 Å². The molecule has 0 aliphatic heterocycles. The Balaban J connectivity index is 2.08.